The van der Waals surface area contributed by atoms with Crippen LogP contribution in [0.2, 0.25) is 0 Å². The number of nitrogens with zero attached hydrogens (tertiary/aromatic N) is 2. The van der Waals surface area contributed by atoms with E-state index in [9.17, 15) is 87.7 Å². The molecule has 0 radical (unpaired) electrons. The fourth-order valence-corrected chi connectivity index (χ4v) is 14.0. The number of carbonyl (C=O) groups excluding carboxylic acids is 1. The zero-order chi connectivity index (χ0) is 57.9. The van der Waals surface area contributed by atoms with Crippen molar-refractivity contribution in [2.45, 2.75) is 96.6 Å². The minimum absolute atomic E-state index is 0. The molecule has 0 aromatic heterocycles. The molecule has 0 bridgehead atoms. The van der Waals surface area contributed by atoms with Crippen LogP contribution in [-0.2, 0) is 82.8 Å². The second kappa shape index (κ2) is 27.7. The van der Waals surface area contributed by atoms with E-state index >= 15 is 0 Å². The Balaban J connectivity index is 0.00000441. The molecular formula is C50H51N2Na4O20S6+. The van der Waals surface area contributed by atoms with E-state index in [1.807, 2.05) is 0 Å². The van der Waals surface area contributed by atoms with E-state index in [-0.39, 0.29) is 197 Å². The molecule has 0 fully saturated rings. The van der Waals surface area contributed by atoms with Crippen molar-refractivity contribution in [3.63, 3.8) is 0 Å². The second-order valence-corrected chi connectivity index (χ2v) is 28.4. The zero-order valence-corrected chi connectivity index (χ0v) is 58.8. The fourth-order valence-electron chi connectivity index (χ4n) is 10.3. The first-order valence-corrected chi connectivity index (χ1v) is 32.5. The van der Waals surface area contributed by atoms with Crippen molar-refractivity contribution in [2.24, 2.45) is 0 Å². The van der Waals surface area contributed by atoms with Gasteiger partial charge in [-0.3, -0.25) is 13.7 Å². The number of carboxylic acid groups (broad SMARTS) is 1. The summed E-state index contributed by atoms with van der Waals surface area (Å²) in [6, 6.07) is 15.5. The largest absolute Gasteiger partial charge is 1.00 e. The van der Waals surface area contributed by atoms with Crippen LogP contribution in [0, 0.1) is 0 Å². The number of allylic oxidation sites excluding steroid dienone is 6. The van der Waals surface area contributed by atoms with Gasteiger partial charge in [-0.1, -0.05) is 56.3 Å². The van der Waals surface area contributed by atoms with Gasteiger partial charge in [0.1, 0.15) is 21.6 Å². The van der Waals surface area contributed by atoms with E-state index in [0.29, 0.717) is 57.2 Å². The van der Waals surface area contributed by atoms with Crippen LogP contribution in [0.4, 0.5) is 11.4 Å². The van der Waals surface area contributed by atoms with Crippen molar-refractivity contribution in [3.05, 3.63) is 125 Å². The summed E-state index contributed by atoms with van der Waals surface area (Å²) >= 11 is 0. The van der Waals surface area contributed by atoms with Crippen LogP contribution >= 0.6 is 0 Å². The number of fused-ring (bicyclic) bond motifs is 6. The van der Waals surface area contributed by atoms with Gasteiger partial charge in [0, 0.05) is 70.3 Å². The number of carbonyl (C=O) groups is 1. The Morgan fingerprint density at radius 3 is 1.63 bits per heavy atom. The van der Waals surface area contributed by atoms with Gasteiger partial charge >= 0.3 is 118 Å². The van der Waals surface area contributed by atoms with Crippen LogP contribution in [0.5, 0.6) is 0 Å². The van der Waals surface area contributed by atoms with Crippen LogP contribution in [0.15, 0.2) is 122 Å². The molecule has 420 valence electrons. The number of rotatable bonds is 21. The summed E-state index contributed by atoms with van der Waals surface area (Å²) in [4.78, 5) is 9.59. The molecule has 0 saturated heterocycles. The number of carboxylic acids is 1. The van der Waals surface area contributed by atoms with Crippen molar-refractivity contribution in [1.29, 1.82) is 0 Å². The van der Waals surface area contributed by atoms with Crippen LogP contribution in [0.3, 0.4) is 0 Å². The Kier molecular flexibility index (Phi) is 25.2. The summed E-state index contributed by atoms with van der Waals surface area (Å²) in [6.07, 6.45) is 6.46. The van der Waals surface area contributed by atoms with Gasteiger partial charge in [-0.25, -0.2) is 25.3 Å². The molecule has 2 aliphatic rings. The standard InChI is InChI=1S/C50H54N2O20S6.4Na/c1-49(2)44(51(22-5-7-24-73(55,56)57)40-19-17-36-38(47(40)49)27-34(75(61,62)63)29-42(36)77(67,68)69)11-9-10-33(32-15-12-31(13-16-32)14-21-46(53)54)26-45-50(3,4)48-39-28-35(76(64,65)66)30-43(78(70,71)72)37(39)18-20-41(48)52(45)23-6-8-25-74(58,59)60;;;;/h9-13,15-20,26-30H,5-8,14,21-25H2,1-4H3,(H6-,53,54,55,56,57,58,59,60,61,62,63,64,65,66,67,68,69,70,71,72);;;;/q;4*+1/p-3. The average molecular weight is 1280 g/mol. The fraction of sp³-hybridized carbons (Fsp3) is 0.320. The van der Waals surface area contributed by atoms with E-state index in [4.69, 9.17) is 0 Å². The molecule has 5 aromatic rings. The first-order chi connectivity index (χ1) is 35.8. The molecule has 32 heteroatoms. The second-order valence-electron chi connectivity index (χ2n) is 19.8. The van der Waals surface area contributed by atoms with Gasteiger partial charge in [-0.2, -0.15) is 29.8 Å². The summed E-state index contributed by atoms with van der Waals surface area (Å²) in [5.74, 6) is -2.71. The van der Waals surface area contributed by atoms with Crippen LogP contribution in [-0.4, -0.2) is 119 Å². The van der Waals surface area contributed by atoms with E-state index in [1.165, 1.54) is 24.3 Å². The van der Waals surface area contributed by atoms with Crippen molar-refractivity contribution in [1.82, 2.24) is 0 Å². The predicted octanol–water partition coefficient (Wildman–Crippen LogP) is -7.32. The van der Waals surface area contributed by atoms with E-state index in [1.54, 1.807) is 85.7 Å². The maximum Gasteiger partial charge on any atom is 1.00 e. The monoisotopic (exact) mass is 1280 g/mol. The van der Waals surface area contributed by atoms with Gasteiger partial charge in [-0.05, 0) is 127 Å². The van der Waals surface area contributed by atoms with Crippen molar-refractivity contribution >= 4 is 111 Å². The van der Waals surface area contributed by atoms with Crippen LogP contribution < -0.4 is 128 Å². The zero-order valence-electron chi connectivity index (χ0n) is 45.9. The first-order valence-electron chi connectivity index (χ1n) is 23.6. The third-order valence-corrected chi connectivity index (χ3v) is 18.7. The summed E-state index contributed by atoms with van der Waals surface area (Å²) in [5, 5.41) is 11.0. The van der Waals surface area contributed by atoms with Gasteiger partial charge < -0.3 is 28.5 Å². The molecule has 0 atom stereocenters. The minimum atomic E-state index is -5.38. The maximum absolute atomic E-state index is 12.7. The summed E-state index contributed by atoms with van der Waals surface area (Å²) in [5.41, 5.74) is 1.26. The molecule has 2 aliphatic heterocycles. The number of anilines is 1. The SMILES string of the molecule is CC1(C)C(=CC(=CC=CC2=[N+](CCCCS(=O)(=O)[O-])c3ccc4c(S(=O)(=O)O)cc(S(=O)(=O)O)cc4c3C2(C)C)c2ccc(CCC(=O)[O-])cc2)N(CCCCS(=O)(=O)[O-])c2ccc3c(S(=O)(=O)[O-])cc(S(=O)(=O)O)cc3c21.[Na+].[Na+].[Na+].[Na+]. The third kappa shape index (κ3) is 17.1. The van der Waals surface area contributed by atoms with Crippen molar-refractivity contribution in [3.8, 4) is 0 Å². The summed E-state index contributed by atoms with van der Waals surface area (Å²) in [6.45, 7) is 6.90. The molecule has 0 saturated carbocycles. The molecule has 0 aliphatic carbocycles. The molecule has 2 heterocycles. The number of aliphatic carboxylic acids is 1. The van der Waals surface area contributed by atoms with Crippen LogP contribution in [0.25, 0.3) is 27.1 Å². The number of hydrogen-bond donors (Lipinski definition) is 3. The van der Waals surface area contributed by atoms with Crippen LogP contribution in [0.1, 0.15) is 82.1 Å². The molecular weight excluding hydrogens is 1230 g/mol. The normalized spacial score (nSPS) is 15.9. The van der Waals surface area contributed by atoms with Gasteiger partial charge in [0.25, 0.3) is 30.4 Å². The quantitative estimate of drug-likeness (QED) is 0.0202. The van der Waals surface area contributed by atoms with E-state index < -0.39 is 109 Å². The molecule has 7 rings (SSSR count). The maximum atomic E-state index is 12.7. The molecule has 3 N–H and O–H groups in total. The van der Waals surface area contributed by atoms with Gasteiger partial charge in [0.2, 0.25) is 5.69 Å². The number of hydrogen-bond acceptors (Lipinski definition) is 18. The van der Waals surface area contributed by atoms with E-state index in [2.05, 4.69) is 0 Å². The summed E-state index contributed by atoms with van der Waals surface area (Å²) < 4.78 is 216. The molecule has 0 unspecified atom stereocenters. The third-order valence-electron chi connectivity index (χ3n) is 13.7. The molecule has 82 heavy (non-hydrogen) atoms. The van der Waals surface area contributed by atoms with Crippen molar-refractivity contribution < 1.29 is 211 Å². The molecule has 5 aromatic carbocycles. The number of unbranched alkanes of at least 4 members (excludes halogenated alkanes) is 2. The van der Waals surface area contributed by atoms with Gasteiger partial charge in [-0.15, -0.1) is 0 Å². The Labute approximate surface area is 565 Å². The Bertz CT molecular complexity index is 4190. The number of benzene rings is 5. The Morgan fingerprint density at radius 1 is 0.610 bits per heavy atom. The van der Waals surface area contributed by atoms with Gasteiger partial charge in [0.15, 0.2) is 5.71 Å². The minimum Gasteiger partial charge on any atom is -0.748 e. The molecule has 22 nitrogen and oxygen atoms in total. The topological polar surface area (TPSA) is 381 Å². The summed E-state index contributed by atoms with van der Waals surface area (Å²) in [7, 11) is -30.0. The van der Waals surface area contributed by atoms with Gasteiger partial charge in [0.05, 0.1) is 40.3 Å². The average Bonchev–Trinajstić information content (AvgIpc) is 3.66. The number of aryl methyl sites for hydroxylation is 1. The molecule has 0 spiro atoms. The smallest absolute Gasteiger partial charge is 0.748 e. The van der Waals surface area contributed by atoms with E-state index in [0.717, 1.165) is 12.1 Å². The molecule has 0 amide bonds. The first kappa shape index (κ1) is 74.5. The Morgan fingerprint density at radius 2 is 1.12 bits per heavy atom. The Hall–Kier alpha value is -1.76. The predicted molar refractivity (Wildman–Crippen MR) is 281 cm³/mol. The van der Waals surface area contributed by atoms with Crippen molar-refractivity contribution in [2.75, 3.05) is 29.5 Å².